The van der Waals surface area contributed by atoms with Crippen LogP contribution in [0.25, 0.3) is 0 Å². The zero-order chi connectivity index (χ0) is 14.7. The summed E-state index contributed by atoms with van der Waals surface area (Å²) >= 11 is 9.35. The van der Waals surface area contributed by atoms with Crippen molar-refractivity contribution in [2.24, 2.45) is 0 Å². The summed E-state index contributed by atoms with van der Waals surface area (Å²) in [7, 11) is 0. The van der Waals surface area contributed by atoms with Crippen LogP contribution in [0.2, 0.25) is 5.02 Å². The highest BCUT2D eigenvalue weighted by molar-refractivity contribution is 9.10. The van der Waals surface area contributed by atoms with Crippen molar-refractivity contribution in [3.8, 4) is 5.75 Å². The summed E-state index contributed by atoms with van der Waals surface area (Å²) in [4.78, 5) is 0. The van der Waals surface area contributed by atoms with Crippen molar-refractivity contribution in [2.75, 3.05) is 0 Å². The maximum atomic E-state index is 10.6. The van der Waals surface area contributed by atoms with E-state index in [4.69, 9.17) is 16.3 Å². The number of aliphatic hydroxyl groups is 1. The second-order valence-corrected chi connectivity index (χ2v) is 6.04. The summed E-state index contributed by atoms with van der Waals surface area (Å²) in [6, 6.07) is 12.9. The van der Waals surface area contributed by atoms with Gasteiger partial charge in [0.15, 0.2) is 0 Å². The molecule has 1 unspecified atom stereocenters. The first-order valence-corrected chi connectivity index (χ1v) is 7.54. The molecule has 4 heteroatoms. The van der Waals surface area contributed by atoms with E-state index in [1.54, 1.807) is 6.07 Å². The molecule has 0 saturated carbocycles. The monoisotopic (exact) mass is 354 g/mol. The normalized spacial score (nSPS) is 12.5. The molecule has 0 heterocycles. The van der Waals surface area contributed by atoms with Crippen molar-refractivity contribution in [1.29, 1.82) is 0 Å². The minimum Gasteiger partial charge on any atom is -0.491 e. The Bertz CT molecular complexity index is 599. The summed E-state index contributed by atoms with van der Waals surface area (Å²) in [5.41, 5.74) is 1.51. The van der Waals surface area contributed by atoms with E-state index in [1.165, 1.54) is 0 Å². The van der Waals surface area contributed by atoms with Crippen LogP contribution in [0.4, 0.5) is 0 Å². The van der Waals surface area contributed by atoms with Gasteiger partial charge in [-0.1, -0.05) is 35.9 Å². The topological polar surface area (TPSA) is 29.5 Å². The zero-order valence-electron chi connectivity index (χ0n) is 11.3. The molecule has 1 N–H and O–H groups in total. The van der Waals surface area contributed by atoms with E-state index in [0.29, 0.717) is 10.8 Å². The molecule has 20 heavy (non-hydrogen) atoms. The van der Waals surface area contributed by atoms with Gasteiger partial charge in [-0.25, -0.2) is 0 Å². The Morgan fingerprint density at radius 1 is 1.15 bits per heavy atom. The summed E-state index contributed by atoms with van der Waals surface area (Å²) in [6.45, 7) is 3.92. The lowest BCUT2D eigenvalue weighted by Gasteiger charge is -2.18. The number of halogens is 2. The lowest BCUT2D eigenvalue weighted by atomic mass is 10.0. The van der Waals surface area contributed by atoms with Gasteiger partial charge in [0.2, 0.25) is 0 Å². The molecular weight excluding hydrogens is 340 g/mol. The third-order valence-electron chi connectivity index (χ3n) is 2.84. The molecule has 0 spiro atoms. The van der Waals surface area contributed by atoms with Gasteiger partial charge in [-0.15, -0.1) is 0 Å². The van der Waals surface area contributed by atoms with Crippen LogP contribution in [-0.4, -0.2) is 11.2 Å². The zero-order valence-corrected chi connectivity index (χ0v) is 13.6. The van der Waals surface area contributed by atoms with Gasteiger partial charge in [-0.2, -0.15) is 0 Å². The lowest BCUT2D eigenvalue weighted by molar-refractivity contribution is 0.198. The van der Waals surface area contributed by atoms with Crippen LogP contribution in [0.1, 0.15) is 31.1 Å². The van der Waals surface area contributed by atoms with Crippen LogP contribution in [0.3, 0.4) is 0 Å². The molecule has 0 aliphatic carbocycles. The van der Waals surface area contributed by atoms with E-state index in [9.17, 15) is 5.11 Å². The molecule has 0 fully saturated rings. The SMILES string of the molecule is CC(C)Oc1ccccc1C(O)c1ccc(Cl)c(Br)c1. The van der Waals surface area contributed by atoms with Crippen LogP contribution in [-0.2, 0) is 0 Å². The van der Waals surface area contributed by atoms with Crippen LogP contribution >= 0.6 is 27.5 Å². The van der Waals surface area contributed by atoms with Crippen molar-refractivity contribution < 1.29 is 9.84 Å². The van der Waals surface area contributed by atoms with Gasteiger partial charge in [0.05, 0.1) is 11.1 Å². The average Bonchev–Trinajstić information content (AvgIpc) is 2.41. The quantitative estimate of drug-likeness (QED) is 0.839. The first-order valence-electron chi connectivity index (χ1n) is 6.37. The molecule has 0 amide bonds. The Hall–Kier alpha value is -1.03. The van der Waals surface area contributed by atoms with Gasteiger partial charge >= 0.3 is 0 Å². The fraction of sp³-hybridized carbons (Fsp3) is 0.250. The van der Waals surface area contributed by atoms with Crippen molar-refractivity contribution in [3.63, 3.8) is 0 Å². The highest BCUT2D eigenvalue weighted by Crippen LogP contribution is 2.33. The molecule has 0 aliphatic heterocycles. The molecule has 0 aliphatic rings. The van der Waals surface area contributed by atoms with Crippen molar-refractivity contribution >= 4 is 27.5 Å². The average molecular weight is 356 g/mol. The van der Waals surface area contributed by atoms with Crippen molar-refractivity contribution in [2.45, 2.75) is 26.1 Å². The Morgan fingerprint density at radius 2 is 1.85 bits per heavy atom. The molecule has 0 saturated heterocycles. The molecule has 2 aromatic carbocycles. The summed E-state index contributed by atoms with van der Waals surface area (Å²) < 4.78 is 6.51. The second-order valence-electron chi connectivity index (χ2n) is 4.78. The minimum absolute atomic E-state index is 0.0558. The van der Waals surface area contributed by atoms with Gasteiger partial charge in [0.1, 0.15) is 11.9 Å². The molecular formula is C16H16BrClO2. The van der Waals surface area contributed by atoms with Gasteiger partial charge in [0.25, 0.3) is 0 Å². The number of hydrogen-bond donors (Lipinski definition) is 1. The van der Waals surface area contributed by atoms with Gasteiger partial charge in [-0.05, 0) is 53.5 Å². The Kier molecular flexibility index (Phi) is 5.08. The Morgan fingerprint density at radius 3 is 2.50 bits per heavy atom. The molecule has 106 valence electrons. The first-order chi connectivity index (χ1) is 9.49. The molecule has 0 radical (unpaired) electrons. The maximum absolute atomic E-state index is 10.6. The predicted molar refractivity (Wildman–Crippen MR) is 85.4 cm³/mol. The fourth-order valence-electron chi connectivity index (χ4n) is 1.93. The van der Waals surface area contributed by atoms with Crippen LogP contribution in [0.15, 0.2) is 46.9 Å². The third kappa shape index (κ3) is 3.54. The molecule has 0 bridgehead atoms. The Labute approximate surface area is 132 Å². The maximum Gasteiger partial charge on any atom is 0.125 e. The minimum atomic E-state index is -0.751. The number of hydrogen-bond acceptors (Lipinski definition) is 2. The molecule has 0 aromatic heterocycles. The van der Waals surface area contributed by atoms with Crippen molar-refractivity contribution in [3.05, 3.63) is 63.1 Å². The van der Waals surface area contributed by atoms with Crippen LogP contribution < -0.4 is 4.74 Å². The summed E-state index contributed by atoms with van der Waals surface area (Å²) in [5, 5.41) is 11.2. The van der Waals surface area contributed by atoms with Crippen LogP contribution in [0, 0.1) is 0 Å². The second kappa shape index (κ2) is 6.61. The molecule has 2 rings (SSSR count). The Balaban J connectivity index is 2.37. The van der Waals surface area contributed by atoms with E-state index in [0.717, 1.165) is 15.6 Å². The number of benzene rings is 2. The third-order valence-corrected chi connectivity index (χ3v) is 4.05. The lowest BCUT2D eigenvalue weighted by Crippen LogP contribution is -2.09. The van der Waals surface area contributed by atoms with Gasteiger partial charge in [0, 0.05) is 10.0 Å². The first kappa shape index (κ1) is 15.4. The van der Waals surface area contributed by atoms with Gasteiger partial charge in [-0.3, -0.25) is 0 Å². The predicted octanol–water partition coefficient (Wildman–Crippen LogP) is 4.97. The number of ether oxygens (including phenoxy) is 1. The summed E-state index contributed by atoms with van der Waals surface area (Å²) in [5.74, 6) is 0.695. The fourth-order valence-corrected chi connectivity index (χ4v) is 2.44. The van der Waals surface area contributed by atoms with Crippen molar-refractivity contribution in [1.82, 2.24) is 0 Å². The number of aliphatic hydroxyl groups excluding tert-OH is 1. The van der Waals surface area contributed by atoms with Gasteiger partial charge < -0.3 is 9.84 Å². The largest absolute Gasteiger partial charge is 0.491 e. The van der Waals surface area contributed by atoms with E-state index in [-0.39, 0.29) is 6.10 Å². The number of rotatable bonds is 4. The molecule has 2 aromatic rings. The standard InChI is InChI=1S/C16H16BrClO2/c1-10(2)20-15-6-4-3-5-12(15)16(19)11-7-8-14(18)13(17)9-11/h3-10,16,19H,1-2H3. The molecule has 2 nitrogen and oxygen atoms in total. The van der Waals surface area contributed by atoms with E-state index in [1.807, 2.05) is 50.2 Å². The van der Waals surface area contributed by atoms with E-state index < -0.39 is 6.10 Å². The molecule has 1 atom stereocenters. The van der Waals surface area contributed by atoms with E-state index in [2.05, 4.69) is 15.9 Å². The highest BCUT2D eigenvalue weighted by atomic mass is 79.9. The number of para-hydroxylation sites is 1. The summed E-state index contributed by atoms with van der Waals surface area (Å²) in [6.07, 6.45) is -0.696. The van der Waals surface area contributed by atoms with E-state index >= 15 is 0 Å². The highest BCUT2D eigenvalue weighted by Gasteiger charge is 2.16. The van der Waals surface area contributed by atoms with Crippen LogP contribution in [0.5, 0.6) is 5.75 Å². The smallest absolute Gasteiger partial charge is 0.125 e.